The highest BCUT2D eigenvalue weighted by Gasteiger charge is 2.00. The molecule has 0 saturated carbocycles. The Hall–Kier alpha value is -2.68. The molecule has 3 aromatic rings. The normalized spacial score (nSPS) is 10.6. The number of benzene rings is 3. The van der Waals surface area contributed by atoms with E-state index in [1.807, 2.05) is 30.3 Å². The lowest BCUT2D eigenvalue weighted by Crippen LogP contribution is -1.94. The maximum absolute atomic E-state index is 9.49. The number of hydrogen-bond acceptors (Lipinski definition) is 3. The summed E-state index contributed by atoms with van der Waals surface area (Å²) in [5.41, 5.74) is 0.904. The smallest absolute Gasteiger partial charge is 0.120 e. The van der Waals surface area contributed by atoms with Crippen LogP contribution in [-0.4, -0.2) is 10.2 Å². The molecule has 0 atom stereocenters. The third-order valence-corrected chi connectivity index (χ3v) is 3.11. The first-order chi connectivity index (χ1) is 9.70. The molecule has 0 spiro atoms. The van der Waals surface area contributed by atoms with Crippen LogP contribution in [0.3, 0.4) is 0 Å². The average molecular weight is 266 g/mol. The summed E-state index contributed by atoms with van der Waals surface area (Å²) in [6.45, 7) is 0.388. The summed E-state index contributed by atoms with van der Waals surface area (Å²) < 4.78 is 5.70. The van der Waals surface area contributed by atoms with Gasteiger partial charge >= 0.3 is 0 Å². The predicted molar refractivity (Wildman–Crippen MR) is 78.1 cm³/mol. The molecular formula is C17H14O3. The first kappa shape index (κ1) is 12.4. The number of phenolic OH excluding ortho intramolecular Hbond substituents is 2. The van der Waals surface area contributed by atoms with Crippen molar-refractivity contribution in [2.75, 3.05) is 0 Å². The Morgan fingerprint density at radius 1 is 0.750 bits per heavy atom. The first-order valence-corrected chi connectivity index (χ1v) is 6.34. The van der Waals surface area contributed by atoms with Gasteiger partial charge in [-0.1, -0.05) is 24.3 Å². The van der Waals surface area contributed by atoms with Gasteiger partial charge in [-0.2, -0.15) is 0 Å². The van der Waals surface area contributed by atoms with Gasteiger partial charge in [0.05, 0.1) is 0 Å². The molecule has 0 aliphatic rings. The van der Waals surface area contributed by atoms with Gasteiger partial charge in [-0.25, -0.2) is 0 Å². The standard InChI is InChI=1S/C17H14O3/c18-15-3-1-2-12(8-15)11-20-17-7-5-13-4-6-16(19)9-14(13)10-17/h1-10,18-19H,11H2. The van der Waals surface area contributed by atoms with Crippen molar-refractivity contribution in [3.63, 3.8) is 0 Å². The Morgan fingerprint density at radius 2 is 1.55 bits per heavy atom. The number of ether oxygens (including phenoxy) is 1. The van der Waals surface area contributed by atoms with E-state index >= 15 is 0 Å². The van der Waals surface area contributed by atoms with Crippen LogP contribution in [0.5, 0.6) is 17.2 Å². The van der Waals surface area contributed by atoms with E-state index in [1.165, 1.54) is 0 Å². The summed E-state index contributed by atoms with van der Waals surface area (Å²) in [5, 5.41) is 20.9. The Kier molecular flexibility index (Phi) is 3.17. The molecule has 3 aromatic carbocycles. The summed E-state index contributed by atoms with van der Waals surface area (Å²) in [6, 6.07) is 17.9. The van der Waals surface area contributed by atoms with Crippen molar-refractivity contribution in [2.45, 2.75) is 6.61 Å². The van der Waals surface area contributed by atoms with Crippen LogP contribution in [0.25, 0.3) is 10.8 Å². The van der Waals surface area contributed by atoms with E-state index in [-0.39, 0.29) is 11.5 Å². The Labute approximate surface area is 116 Å². The van der Waals surface area contributed by atoms with Gasteiger partial charge in [-0.3, -0.25) is 0 Å². The second kappa shape index (κ2) is 5.13. The van der Waals surface area contributed by atoms with Gasteiger partial charge in [0, 0.05) is 0 Å². The summed E-state index contributed by atoms with van der Waals surface area (Å²) in [4.78, 5) is 0. The van der Waals surface area contributed by atoms with Crippen LogP contribution in [0.15, 0.2) is 60.7 Å². The number of fused-ring (bicyclic) bond motifs is 1. The molecule has 3 rings (SSSR count). The van der Waals surface area contributed by atoms with Crippen LogP contribution in [0.4, 0.5) is 0 Å². The molecule has 0 bridgehead atoms. The van der Waals surface area contributed by atoms with Crippen molar-refractivity contribution < 1.29 is 14.9 Å². The van der Waals surface area contributed by atoms with Crippen LogP contribution in [-0.2, 0) is 6.61 Å². The molecule has 0 amide bonds. The van der Waals surface area contributed by atoms with E-state index in [4.69, 9.17) is 4.74 Å². The van der Waals surface area contributed by atoms with Crippen LogP contribution in [0.2, 0.25) is 0 Å². The molecule has 0 heterocycles. The third-order valence-electron chi connectivity index (χ3n) is 3.11. The SMILES string of the molecule is Oc1cccc(COc2ccc3ccc(O)cc3c2)c1. The van der Waals surface area contributed by atoms with Crippen molar-refractivity contribution in [1.82, 2.24) is 0 Å². The molecular weight excluding hydrogens is 252 g/mol. The van der Waals surface area contributed by atoms with E-state index in [1.54, 1.807) is 30.3 Å². The molecule has 0 aliphatic heterocycles. The fraction of sp³-hybridized carbons (Fsp3) is 0.0588. The number of phenols is 2. The zero-order valence-electron chi connectivity index (χ0n) is 10.8. The van der Waals surface area contributed by atoms with Crippen molar-refractivity contribution >= 4 is 10.8 Å². The van der Waals surface area contributed by atoms with Crippen LogP contribution in [0, 0.1) is 0 Å². The molecule has 100 valence electrons. The lowest BCUT2D eigenvalue weighted by atomic mass is 10.1. The molecule has 0 aliphatic carbocycles. The highest BCUT2D eigenvalue weighted by molar-refractivity contribution is 5.85. The summed E-state index contributed by atoms with van der Waals surface area (Å²) in [6.07, 6.45) is 0. The summed E-state index contributed by atoms with van der Waals surface area (Å²) in [7, 11) is 0. The third kappa shape index (κ3) is 2.67. The minimum atomic E-state index is 0.231. The van der Waals surface area contributed by atoms with Gasteiger partial charge in [0.15, 0.2) is 0 Å². The van der Waals surface area contributed by atoms with Gasteiger partial charge in [-0.05, 0) is 52.7 Å². The average Bonchev–Trinajstić information content (AvgIpc) is 2.45. The number of rotatable bonds is 3. The fourth-order valence-electron chi connectivity index (χ4n) is 2.11. The largest absolute Gasteiger partial charge is 0.508 e. The second-order valence-electron chi connectivity index (χ2n) is 4.65. The minimum Gasteiger partial charge on any atom is -0.508 e. The van der Waals surface area contributed by atoms with E-state index in [2.05, 4.69) is 0 Å². The lowest BCUT2D eigenvalue weighted by molar-refractivity contribution is 0.306. The highest BCUT2D eigenvalue weighted by atomic mass is 16.5. The van der Waals surface area contributed by atoms with Crippen LogP contribution in [0.1, 0.15) is 5.56 Å². The molecule has 0 aromatic heterocycles. The summed E-state index contributed by atoms with van der Waals surface area (Å²) >= 11 is 0. The van der Waals surface area contributed by atoms with E-state index in [9.17, 15) is 10.2 Å². The van der Waals surface area contributed by atoms with Crippen molar-refractivity contribution in [3.05, 3.63) is 66.2 Å². The molecule has 3 nitrogen and oxygen atoms in total. The first-order valence-electron chi connectivity index (χ1n) is 6.34. The van der Waals surface area contributed by atoms with Crippen molar-refractivity contribution in [1.29, 1.82) is 0 Å². The quantitative estimate of drug-likeness (QED) is 0.757. The monoisotopic (exact) mass is 266 g/mol. The van der Waals surface area contributed by atoms with Crippen LogP contribution >= 0.6 is 0 Å². The Bertz CT molecular complexity index is 750. The Balaban J connectivity index is 1.80. The topological polar surface area (TPSA) is 49.7 Å². The summed E-state index contributed by atoms with van der Waals surface area (Å²) in [5.74, 6) is 1.20. The predicted octanol–water partition coefficient (Wildman–Crippen LogP) is 3.83. The van der Waals surface area contributed by atoms with Crippen molar-refractivity contribution in [2.24, 2.45) is 0 Å². The lowest BCUT2D eigenvalue weighted by Gasteiger charge is -2.08. The number of aromatic hydroxyl groups is 2. The van der Waals surface area contributed by atoms with Gasteiger partial charge in [0.2, 0.25) is 0 Å². The molecule has 20 heavy (non-hydrogen) atoms. The van der Waals surface area contributed by atoms with Gasteiger partial charge < -0.3 is 14.9 Å². The van der Waals surface area contributed by atoms with E-state index in [0.717, 1.165) is 22.1 Å². The maximum Gasteiger partial charge on any atom is 0.120 e. The molecule has 0 saturated heterocycles. The van der Waals surface area contributed by atoms with Crippen molar-refractivity contribution in [3.8, 4) is 17.2 Å². The van der Waals surface area contributed by atoms with Gasteiger partial charge in [0.1, 0.15) is 23.9 Å². The molecule has 2 N–H and O–H groups in total. The second-order valence-corrected chi connectivity index (χ2v) is 4.65. The van der Waals surface area contributed by atoms with E-state index < -0.39 is 0 Å². The van der Waals surface area contributed by atoms with E-state index in [0.29, 0.717) is 6.61 Å². The molecule has 0 unspecified atom stereocenters. The van der Waals surface area contributed by atoms with Crippen LogP contribution < -0.4 is 4.74 Å². The Morgan fingerprint density at radius 3 is 2.40 bits per heavy atom. The molecule has 0 radical (unpaired) electrons. The zero-order valence-corrected chi connectivity index (χ0v) is 10.8. The minimum absolute atomic E-state index is 0.231. The number of hydrogen-bond donors (Lipinski definition) is 2. The van der Waals surface area contributed by atoms with Gasteiger partial charge in [-0.15, -0.1) is 0 Å². The zero-order chi connectivity index (χ0) is 13.9. The van der Waals surface area contributed by atoms with Gasteiger partial charge in [0.25, 0.3) is 0 Å². The molecule has 0 fully saturated rings. The highest BCUT2D eigenvalue weighted by Crippen LogP contribution is 2.25. The molecule has 3 heteroatoms. The maximum atomic E-state index is 9.49. The fourth-order valence-corrected chi connectivity index (χ4v) is 2.11.